The third-order valence-electron chi connectivity index (χ3n) is 1.83. The van der Waals surface area contributed by atoms with Crippen molar-refractivity contribution in [1.82, 2.24) is 4.98 Å². The Bertz CT molecular complexity index is 388. The van der Waals surface area contributed by atoms with Gasteiger partial charge in [-0.05, 0) is 32.9 Å². The number of hydrogen-bond donors (Lipinski definition) is 0. The van der Waals surface area contributed by atoms with Crippen molar-refractivity contribution in [1.29, 1.82) is 0 Å². The van der Waals surface area contributed by atoms with Crippen molar-refractivity contribution in [2.75, 3.05) is 13.2 Å². The normalized spacial score (nSPS) is 11.3. The summed E-state index contributed by atoms with van der Waals surface area (Å²) in [4.78, 5) is 15.4. The van der Waals surface area contributed by atoms with Gasteiger partial charge in [-0.2, -0.15) is 0 Å². The second-order valence-corrected chi connectivity index (χ2v) is 4.80. The standard InChI is InChI=1S/C12H16ClNO3/c1-12(2,3)17-8-7-16-11(15)9-5-4-6-14-10(9)13/h4-6H,7-8H2,1-3H3. The topological polar surface area (TPSA) is 48.4 Å². The van der Waals surface area contributed by atoms with Crippen molar-refractivity contribution >= 4 is 17.6 Å². The van der Waals surface area contributed by atoms with Gasteiger partial charge in [-0.1, -0.05) is 11.6 Å². The molecule has 0 aliphatic heterocycles. The zero-order chi connectivity index (χ0) is 12.9. The monoisotopic (exact) mass is 257 g/mol. The van der Waals surface area contributed by atoms with Gasteiger partial charge in [0.15, 0.2) is 0 Å². The van der Waals surface area contributed by atoms with Crippen LogP contribution in [0.1, 0.15) is 31.1 Å². The molecule has 0 bridgehead atoms. The van der Waals surface area contributed by atoms with Crippen LogP contribution in [0.25, 0.3) is 0 Å². The zero-order valence-corrected chi connectivity index (χ0v) is 11.0. The molecule has 17 heavy (non-hydrogen) atoms. The molecule has 0 aliphatic carbocycles. The van der Waals surface area contributed by atoms with E-state index in [0.29, 0.717) is 6.61 Å². The lowest BCUT2D eigenvalue weighted by molar-refractivity contribution is -0.0281. The predicted octanol–water partition coefficient (Wildman–Crippen LogP) is 2.71. The van der Waals surface area contributed by atoms with Gasteiger partial charge >= 0.3 is 5.97 Å². The maximum absolute atomic E-state index is 11.6. The molecule has 1 heterocycles. The number of esters is 1. The molecule has 0 aliphatic rings. The Morgan fingerprint density at radius 3 is 2.71 bits per heavy atom. The average molecular weight is 258 g/mol. The Kier molecular flexibility index (Phi) is 4.90. The molecule has 1 rings (SSSR count). The lowest BCUT2D eigenvalue weighted by Gasteiger charge is -2.19. The number of hydrogen-bond acceptors (Lipinski definition) is 4. The molecule has 0 unspecified atom stereocenters. The number of carbonyl (C=O) groups excluding carboxylic acids is 1. The third-order valence-corrected chi connectivity index (χ3v) is 2.13. The minimum absolute atomic E-state index is 0.147. The third kappa shape index (κ3) is 5.15. The van der Waals surface area contributed by atoms with Crippen LogP contribution in [0, 0.1) is 0 Å². The van der Waals surface area contributed by atoms with E-state index in [0.717, 1.165) is 0 Å². The summed E-state index contributed by atoms with van der Waals surface area (Å²) < 4.78 is 10.4. The molecule has 4 nitrogen and oxygen atoms in total. The first kappa shape index (κ1) is 13.9. The fourth-order valence-electron chi connectivity index (χ4n) is 1.10. The second-order valence-electron chi connectivity index (χ2n) is 4.44. The van der Waals surface area contributed by atoms with Crippen LogP contribution in [0.4, 0.5) is 0 Å². The van der Waals surface area contributed by atoms with Gasteiger partial charge in [0.2, 0.25) is 0 Å². The maximum Gasteiger partial charge on any atom is 0.341 e. The van der Waals surface area contributed by atoms with Crippen LogP contribution < -0.4 is 0 Å². The number of ether oxygens (including phenoxy) is 2. The van der Waals surface area contributed by atoms with E-state index in [1.54, 1.807) is 12.1 Å². The predicted molar refractivity (Wildman–Crippen MR) is 65.2 cm³/mol. The minimum Gasteiger partial charge on any atom is -0.460 e. The molecule has 0 radical (unpaired) electrons. The van der Waals surface area contributed by atoms with E-state index in [4.69, 9.17) is 21.1 Å². The molecular weight excluding hydrogens is 242 g/mol. The van der Waals surface area contributed by atoms with E-state index in [1.807, 2.05) is 20.8 Å². The highest BCUT2D eigenvalue weighted by Gasteiger charge is 2.13. The first-order chi connectivity index (χ1) is 7.90. The highest BCUT2D eigenvalue weighted by atomic mass is 35.5. The average Bonchev–Trinajstić information content (AvgIpc) is 2.23. The molecule has 1 aromatic rings. The van der Waals surface area contributed by atoms with Crippen molar-refractivity contribution in [2.45, 2.75) is 26.4 Å². The molecule has 0 saturated carbocycles. The van der Waals surface area contributed by atoms with Gasteiger partial charge in [0.1, 0.15) is 11.8 Å². The Balaban J connectivity index is 2.39. The maximum atomic E-state index is 11.6. The van der Waals surface area contributed by atoms with E-state index in [1.165, 1.54) is 6.20 Å². The highest BCUT2D eigenvalue weighted by Crippen LogP contribution is 2.12. The number of pyridine rings is 1. The van der Waals surface area contributed by atoms with E-state index in [9.17, 15) is 4.79 Å². The van der Waals surface area contributed by atoms with E-state index in [2.05, 4.69) is 4.98 Å². The minimum atomic E-state index is -0.486. The molecule has 0 N–H and O–H groups in total. The summed E-state index contributed by atoms with van der Waals surface area (Å²) in [5.74, 6) is -0.486. The Morgan fingerprint density at radius 1 is 1.41 bits per heavy atom. The molecule has 0 atom stereocenters. The Hall–Kier alpha value is -1.13. The van der Waals surface area contributed by atoms with E-state index >= 15 is 0 Å². The number of halogens is 1. The molecule has 5 heteroatoms. The second kappa shape index (κ2) is 5.98. The molecular formula is C12H16ClNO3. The van der Waals surface area contributed by atoms with Gasteiger partial charge in [0, 0.05) is 6.20 Å². The van der Waals surface area contributed by atoms with Gasteiger partial charge in [0.25, 0.3) is 0 Å². The smallest absolute Gasteiger partial charge is 0.341 e. The highest BCUT2D eigenvalue weighted by molar-refractivity contribution is 6.32. The summed E-state index contributed by atoms with van der Waals surface area (Å²) in [6.07, 6.45) is 1.52. The van der Waals surface area contributed by atoms with Gasteiger partial charge in [-0.15, -0.1) is 0 Å². The van der Waals surface area contributed by atoms with Crippen LogP contribution in [0.3, 0.4) is 0 Å². The first-order valence-electron chi connectivity index (χ1n) is 5.32. The van der Waals surface area contributed by atoms with Crippen molar-refractivity contribution in [3.63, 3.8) is 0 Å². The number of rotatable bonds is 4. The summed E-state index contributed by atoms with van der Waals surface area (Å²) >= 11 is 5.76. The zero-order valence-electron chi connectivity index (χ0n) is 10.2. The first-order valence-corrected chi connectivity index (χ1v) is 5.69. The number of nitrogens with zero attached hydrogens (tertiary/aromatic N) is 1. The number of aromatic nitrogens is 1. The summed E-state index contributed by atoms with van der Waals surface area (Å²) in [5, 5.41) is 0.147. The summed E-state index contributed by atoms with van der Waals surface area (Å²) in [6, 6.07) is 3.20. The fourth-order valence-corrected chi connectivity index (χ4v) is 1.29. The van der Waals surface area contributed by atoms with Gasteiger partial charge in [-0.25, -0.2) is 9.78 Å². The lowest BCUT2D eigenvalue weighted by atomic mass is 10.2. The van der Waals surface area contributed by atoms with Crippen LogP contribution in [0.5, 0.6) is 0 Å². The lowest BCUT2D eigenvalue weighted by Crippen LogP contribution is -2.22. The summed E-state index contributed by atoms with van der Waals surface area (Å²) in [5.41, 5.74) is 0.0307. The van der Waals surface area contributed by atoms with Crippen molar-refractivity contribution in [3.8, 4) is 0 Å². The molecule has 0 spiro atoms. The number of carbonyl (C=O) groups is 1. The van der Waals surface area contributed by atoms with E-state index < -0.39 is 5.97 Å². The van der Waals surface area contributed by atoms with Gasteiger partial charge in [-0.3, -0.25) is 0 Å². The van der Waals surface area contributed by atoms with E-state index in [-0.39, 0.29) is 22.9 Å². The summed E-state index contributed by atoms with van der Waals surface area (Å²) in [7, 11) is 0. The van der Waals surface area contributed by atoms with Gasteiger partial charge in [0.05, 0.1) is 17.8 Å². The molecule has 0 aromatic carbocycles. The van der Waals surface area contributed by atoms with Crippen molar-refractivity contribution in [2.24, 2.45) is 0 Å². The van der Waals surface area contributed by atoms with Gasteiger partial charge < -0.3 is 9.47 Å². The molecule has 0 saturated heterocycles. The quantitative estimate of drug-likeness (QED) is 0.473. The largest absolute Gasteiger partial charge is 0.460 e. The van der Waals surface area contributed by atoms with Crippen LogP contribution in [0.15, 0.2) is 18.3 Å². The van der Waals surface area contributed by atoms with Crippen LogP contribution >= 0.6 is 11.6 Å². The Labute approximate surface area is 106 Å². The summed E-state index contributed by atoms with van der Waals surface area (Å²) in [6.45, 7) is 6.36. The van der Waals surface area contributed by atoms with Crippen molar-refractivity contribution < 1.29 is 14.3 Å². The Morgan fingerprint density at radius 2 is 2.12 bits per heavy atom. The van der Waals surface area contributed by atoms with Crippen LogP contribution in [0.2, 0.25) is 5.15 Å². The fraction of sp³-hybridized carbons (Fsp3) is 0.500. The molecule has 1 aromatic heterocycles. The SMILES string of the molecule is CC(C)(C)OCCOC(=O)c1cccnc1Cl. The molecule has 94 valence electrons. The van der Waals surface area contributed by atoms with Crippen LogP contribution in [-0.4, -0.2) is 29.8 Å². The van der Waals surface area contributed by atoms with Crippen LogP contribution in [-0.2, 0) is 9.47 Å². The van der Waals surface area contributed by atoms with Crippen molar-refractivity contribution in [3.05, 3.63) is 29.0 Å². The molecule has 0 amide bonds. The molecule has 0 fully saturated rings.